The molecular formula is C21H20O5. The molecule has 1 aliphatic rings. The largest absolute Gasteiger partial charge is 0.457 e. The monoisotopic (exact) mass is 352 g/mol. The molecule has 2 unspecified atom stereocenters. The van der Waals surface area contributed by atoms with Crippen molar-refractivity contribution in [2.24, 2.45) is 11.8 Å². The lowest BCUT2D eigenvalue weighted by molar-refractivity contribution is -0.144. The fourth-order valence-electron chi connectivity index (χ4n) is 2.93. The van der Waals surface area contributed by atoms with Crippen molar-refractivity contribution in [2.75, 3.05) is 0 Å². The molecule has 1 fully saturated rings. The number of rotatable bonds is 6. The second-order valence-electron chi connectivity index (χ2n) is 6.67. The molecule has 134 valence electrons. The molecule has 0 amide bonds. The third-order valence-electron chi connectivity index (χ3n) is 4.17. The Morgan fingerprint density at radius 1 is 1.04 bits per heavy atom. The van der Waals surface area contributed by atoms with Gasteiger partial charge in [0.2, 0.25) is 0 Å². The quantitative estimate of drug-likeness (QED) is 0.449. The van der Waals surface area contributed by atoms with Gasteiger partial charge >= 0.3 is 5.97 Å². The summed E-state index contributed by atoms with van der Waals surface area (Å²) in [6.07, 6.45) is -0.435. The SMILES string of the molecule is CC(C)CC1OC(=O)C(C(=O)c2ccccc2Oc2ccccc2)C1=O. The number of cyclic esters (lactones) is 1. The van der Waals surface area contributed by atoms with Crippen LogP contribution < -0.4 is 4.74 Å². The number of esters is 1. The smallest absolute Gasteiger partial charge is 0.325 e. The zero-order valence-corrected chi connectivity index (χ0v) is 14.7. The van der Waals surface area contributed by atoms with Gasteiger partial charge in [0.15, 0.2) is 23.6 Å². The highest BCUT2D eigenvalue weighted by molar-refractivity contribution is 6.26. The highest BCUT2D eigenvalue weighted by Crippen LogP contribution is 2.31. The lowest BCUT2D eigenvalue weighted by Crippen LogP contribution is -2.28. The Bertz CT molecular complexity index is 825. The molecule has 1 saturated heterocycles. The summed E-state index contributed by atoms with van der Waals surface area (Å²) < 4.78 is 10.9. The van der Waals surface area contributed by atoms with E-state index in [1.165, 1.54) is 0 Å². The van der Waals surface area contributed by atoms with Gasteiger partial charge in [0.25, 0.3) is 0 Å². The molecule has 0 bridgehead atoms. The Kier molecular flexibility index (Phi) is 5.16. The number of carbonyl (C=O) groups is 3. The van der Waals surface area contributed by atoms with Gasteiger partial charge in [-0.05, 0) is 36.6 Å². The van der Waals surface area contributed by atoms with Crippen LogP contribution in [0.2, 0.25) is 0 Å². The van der Waals surface area contributed by atoms with Crippen LogP contribution in [0.25, 0.3) is 0 Å². The van der Waals surface area contributed by atoms with Crippen molar-refractivity contribution >= 4 is 17.5 Å². The molecule has 0 saturated carbocycles. The molecule has 1 heterocycles. The second kappa shape index (κ2) is 7.52. The zero-order chi connectivity index (χ0) is 18.7. The van der Waals surface area contributed by atoms with Crippen LogP contribution in [0.4, 0.5) is 0 Å². The van der Waals surface area contributed by atoms with Gasteiger partial charge in [-0.15, -0.1) is 0 Å². The van der Waals surface area contributed by atoms with Crippen LogP contribution in [0.5, 0.6) is 11.5 Å². The minimum atomic E-state index is -1.42. The minimum absolute atomic E-state index is 0.180. The molecule has 5 heteroatoms. The standard InChI is InChI=1S/C21H20O5/c1-13(2)12-17-20(23)18(21(24)26-17)19(22)15-10-6-7-11-16(15)25-14-8-4-3-5-9-14/h3-11,13,17-18H,12H2,1-2H3. The maximum Gasteiger partial charge on any atom is 0.325 e. The van der Waals surface area contributed by atoms with Gasteiger partial charge in [-0.25, -0.2) is 0 Å². The molecule has 0 aliphatic carbocycles. The van der Waals surface area contributed by atoms with E-state index in [2.05, 4.69) is 0 Å². The van der Waals surface area contributed by atoms with Crippen LogP contribution in [0.15, 0.2) is 54.6 Å². The molecule has 26 heavy (non-hydrogen) atoms. The molecule has 0 aromatic heterocycles. The minimum Gasteiger partial charge on any atom is -0.457 e. The molecule has 0 radical (unpaired) electrons. The van der Waals surface area contributed by atoms with Gasteiger partial charge in [0.1, 0.15) is 11.5 Å². The van der Waals surface area contributed by atoms with Gasteiger partial charge in [-0.1, -0.05) is 44.2 Å². The first kappa shape index (κ1) is 17.9. The van der Waals surface area contributed by atoms with E-state index >= 15 is 0 Å². The maximum absolute atomic E-state index is 12.9. The molecule has 5 nitrogen and oxygen atoms in total. The van der Waals surface area contributed by atoms with Crippen LogP contribution in [0.3, 0.4) is 0 Å². The molecule has 0 N–H and O–H groups in total. The van der Waals surface area contributed by atoms with Gasteiger partial charge in [0.05, 0.1) is 5.56 Å². The fourth-order valence-corrected chi connectivity index (χ4v) is 2.93. The van der Waals surface area contributed by atoms with Crippen molar-refractivity contribution in [1.29, 1.82) is 0 Å². The molecule has 1 aliphatic heterocycles. The summed E-state index contributed by atoms with van der Waals surface area (Å²) in [5, 5.41) is 0. The number of Topliss-reactive ketones (excluding diaryl/α,β-unsaturated/α-hetero) is 2. The van der Waals surface area contributed by atoms with Crippen molar-refractivity contribution in [3.05, 3.63) is 60.2 Å². The Balaban J connectivity index is 1.86. The van der Waals surface area contributed by atoms with E-state index in [1.807, 2.05) is 32.0 Å². The molecule has 0 spiro atoms. The van der Waals surface area contributed by atoms with E-state index in [1.54, 1.807) is 36.4 Å². The molecular weight excluding hydrogens is 332 g/mol. The molecule has 2 atom stereocenters. The van der Waals surface area contributed by atoms with Crippen molar-refractivity contribution < 1.29 is 23.9 Å². The number of carbonyl (C=O) groups excluding carboxylic acids is 3. The number of para-hydroxylation sites is 2. The summed E-state index contributed by atoms with van der Waals surface area (Å²) in [5.41, 5.74) is 0.192. The predicted octanol–water partition coefficient (Wildman–Crippen LogP) is 3.82. The van der Waals surface area contributed by atoms with Gasteiger partial charge in [0, 0.05) is 0 Å². The highest BCUT2D eigenvalue weighted by atomic mass is 16.6. The van der Waals surface area contributed by atoms with Crippen molar-refractivity contribution in [2.45, 2.75) is 26.4 Å². The average molecular weight is 352 g/mol. The topological polar surface area (TPSA) is 69.7 Å². The summed E-state index contributed by atoms with van der Waals surface area (Å²) >= 11 is 0. The van der Waals surface area contributed by atoms with Crippen LogP contribution >= 0.6 is 0 Å². The third kappa shape index (κ3) is 3.67. The van der Waals surface area contributed by atoms with E-state index in [0.29, 0.717) is 17.9 Å². The van der Waals surface area contributed by atoms with Crippen LogP contribution in [-0.4, -0.2) is 23.6 Å². The zero-order valence-electron chi connectivity index (χ0n) is 14.7. The first-order valence-electron chi connectivity index (χ1n) is 8.57. The summed E-state index contributed by atoms with van der Waals surface area (Å²) in [4.78, 5) is 37.6. The number of ketones is 2. The lowest BCUT2D eigenvalue weighted by atomic mass is 9.90. The summed E-state index contributed by atoms with van der Waals surface area (Å²) in [6, 6.07) is 15.6. The Morgan fingerprint density at radius 3 is 2.38 bits per heavy atom. The van der Waals surface area contributed by atoms with Gasteiger partial charge in [-0.2, -0.15) is 0 Å². The van der Waals surface area contributed by atoms with E-state index in [4.69, 9.17) is 9.47 Å². The van der Waals surface area contributed by atoms with E-state index in [0.717, 1.165) is 0 Å². The summed E-state index contributed by atoms with van der Waals surface area (Å²) in [5.74, 6) is -2.21. The number of hydrogen-bond donors (Lipinski definition) is 0. The third-order valence-corrected chi connectivity index (χ3v) is 4.17. The lowest BCUT2D eigenvalue weighted by Gasteiger charge is -2.12. The number of benzene rings is 2. The van der Waals surface area contributed by atoms with Crippen molar-refractivity contribution in [3.63, 3.8) is 0 Å². The van der Waals surface area contributed by atoms with Crippen molar-refractivity contribution in [1.82, 2.24) is 0 Å². The van der Waals surface area contributed by atoms with E-state index in [9.17, 15) is 14.4 Å². The normalized spacial score (nSPS) is 19.5. The number of ether oxygens (including phenoxy) is 2. The first-order chi connectivity index (χ1) is 12.5. The summed E-state index contributed by atoms with van der Waals surface area (Å²) in [7, 11) is 0. The van der Waals surface area contributed by atoms with Crippen LogP contribution in [0, 0.1) is 11.8 Å². The predicted molar refractivity (Wildman–Crippen MR) is 95.1 cm³/mol. The van der Waals surface area contributed by atoms with Gasteiger partial charge in [-0.3, -0.25) is 14.4 Å². The summed E-state index contributed by atoms with van der Waals surface area (Å²) in [6.45, 7) is 3.86. The highest BCUT2D eigenvalue weighted by Gasteiger charge is 2.48. The molecule has 2 aromatic rings. The Labute approximate surface area is 151 Å². The Morgan fingerprint density at radius 2 is 1.69 bits per heavy atom. The number of hydrogen-bond acceptors (Lipinski definition) is 5. The van der Waals surface area contributed by atoms with Crippen LogP contribution in [0.1, 0.15) is 30.6 Å². The second-order valence-corrected chi connectivity index (χ2v) is 6.67. The maximum atomic E-state index is 12.9. The average Bonchev–Trinajstić information content (AvgIpc) is 2.89. The van der Waals surface area contributed by atoms with Gasteiger partial charge < -0.3 is 9.47 Å². The molecule has 2 aromatic carbocycles. The van der Waals surface area contributed by atoms with E-state index < -0.39 is 29.6 Å². The Hall–Kier alpha value is -2.95. The van der Waals surface area contributed by atoms with Crippen LogP contribution in [-0.2, 0) is 14.3 Å². The molecule has 3 rings (SSSR count). The van der Waals surface area contributed by atoms with E-state index in [-0.39, 0.29) is 11.5 Å². The van der Waals surface area contributed by atoms with Crippen molar-refractivity contribution in [3.8, 4) is 11.5 Å². The first-order valence-corrected chi connectivity index (χ1v) is 8.57. The fraction of sp³-hybridized carbons (Fsp3) is 0.286.